The molecule has 0 aromatic carbocycles. The molecule has 0 aliphatic rings. The monoisotopic (exact) mass is 213 g/mol. The minimum absolute atomic E-state index is 0.0255. The van der Waals surface area contributed by atoms with Gasteiger partial charge in [0.2, 0.25) is 0 Å². The number of nitrogens with two attached hydrogens (primary N) is 1. The molecule has 0 saturated carbocycles. The Balaban J connectivity index is 3.36. The number of hydrogen-bond acceptors (Lipinski definition) is 4. The first kappa shape index (κ1) is 8.79. The fraction of sp³-hybridized carbons (Fsp3) is 0. The molecule has 1 aromatic rings. The molecule has 1 heterocycles. The maximum absolute atomic E-state index is 10.5. The molecule has 4 nitrogen and oxygen atoms in total. The molecule has 0 amide bonds. The van der Waals surface area contributed by atoms with Crippen LogP contribution in [0.5, 0.6) is 0 Å². The average Bonchev–Trinajstić information content (AvgIpc) is 2.08. The third-order valence-electron chi connectivity index (χ3n) is 0.929. The Labute approximate surface area is 72.3 Å². The average molecular weight is 214 g/mol. The van der Waals surface area contributed by atoms with E-state index in [2.05, 4.69) is 0 Å². The van der Waals surface area contributed by atoms with Crippen LogP contribution in [0.1, 0.15) is 0 Å². The first-order valence-electron chi connectivity index (χ1n) is 2.43. The molecule has 0 radical (unpaired) electrons. The predicted octanol–water partition coefficient (Wildman–Crippen LogP) is 1.23. The van der Waals surface area contributed by atoms with Crippen LogP contribution in [0.15, 0.2) is 10.3 Å². The normalized spacial score (nSPS) is 11.8. The highest BCUT2D eigenvalue weighted by atomic mass is 35.5. The van der Waals surface area contributed by atoms with Crippen LogP contribution in [0.25, 0.3) is 0 Å². The van der Waals surface area contributed by atoms with Crippen molar-refractivity contribution in [1.82, 2.24) is 0 Å². The lowest BCUT2D eigenvalue weighted by molar-refractivity contribution is 0.486. The molecule has 0 spiro atoms. The van der Waals surface area contributed by atoms with E-state index in [-0.39, 0.29) is 14.2 Å². The lowest BCUT2D eigenvalue weighted by Crippen LogP contribution is -1.98. The first-order valence-corrected chi connectivity index (χ1v) is 5.07. The highest BCUT2D eigenvalue weighted by Crippen LogP contribution is 2.32. The van der Waals surface area contributed by atoms with Gasteiger partial charge in [-0.3, -0.25) is 4.55 Å². The second-order valence-electron chi connectivity index (χ2n) is 1.77. The summed E-state index contributed by atoms with van der Waals surface area (Å²) in [6, 6.07) is 1.27. The maximum atomic E-state index is 10.5. The Morgan fingerprint density at radius 1 is 1.64 bits per heavy atom. The number of rotatable bonds is 1. The topological polar surface area (TPSA) is 80.4 Å². The van der Waals surface area contributed by atoms with E-state index in [1.54, 1.807) is 0 Å². The summed E-state index contributed by atoms with van der Waals surface area (Å²) in [5.41, 5.74) is 5.19. The fourth-order valence-electron chi connectivity index (χ4n) is 0.560. The largest absolute Gasteiger partial charge is 0.397 e. The van der Waals surface area contributed by atoms with Gasteiger partial charge in [-0.15, -0.1) is 11.3 Å². The summed E-state index contributed by atoms with van der Waals surface area (Å²) in [4.78, 5) is 0. The van der Waals surface area contributed by atoms with E-state index in [1.165, 1.54) is 6.07 Å². The first-order chi connectivity index (χ1) is 4.91. The maximum Gasteiger partial charge on any atom is 0.306 e. The summed E-state index contributed by atoms with van der Waals surface area (Å²) in [6.07, 6.45) is 0. The van der Waals surface area contributed by atoms with Crippen molar-refractivity contribution in [3.63, 3.8) is 0 Å². The van der Waals surface area contributed by atoms with E-state index >= 15 is 0 Å². The molecule has 0 atom stereocenters. The molecule has 1 aromatic heterocycles. The molecule has 62 valence electrons. The molecule has 0 bridgehead atoms. The van der Waals surface area contributed by atoms with Gasteiger partial charge < -0.3 is 5.73 Å². The van der Waals surface area contributed by atoms with Crippen LogP contribution in [0.3, 0.4) is 0 Å². The molecule has 0 aliphatic carbocycles. The van der Waals surface area contributed by atoms with Gasteiger partial charge in [0.1, 0.15) is 0 Å². The molecular weight excluding hydrogens is 210 g/mol. The van der Waals surface area contributed by atoms with Gasteiger partial charge in [0.05, 0.1) is 10.0 Å². The predicted molar refractivity (Wildman–Crippen MR) is 43.6 cm³/mol. The summed E-state index contributed by atoms with van der Waals surface area (Å²) in [5.74, 6) is 0. The zero-order valence-electron chi connectivity index (χ0n) is 5.11. The second kappa shape index (κ2) is 2.63. The van der Waals surface area contributed by atoms with Crippen LogP contribution in [0.2, 0.25) is 4.34 Å². The standard InChI is InChI=1S/C4H4ClNO3S2/c5-3-1-2(6)4(10-3)11(7,8)9/h1H,6H2,(H,7,8,9). The van der Waals surface area contributed by atoms with E-state index in [1.807, 2.05) is 0 Å². The third-order valence-corrected chi connectivity index (χ3v) is 3.59. The minimum Gasteiger partial charge on any atom is -0.397 e. The molecule has 7 heteroatoms. The van der Waals surface area contributed by atoms with Crippen molar-refractivity contribution >= 4 is 38.7 Å². The smallest absolute Gasteiger partial charge is 0.306 e. The Kier molecular flexibility index (Phi) is 2.10. The molecule has 0 aliphatic heterocycles. The fourth-order valence-corrected chi connectivity index (χ4v) is 2.63. The van der Waals surface area contributed by atoms with E-state index in [9.17, 15) is 8.42 Å². The van der Waals surface area contributed by atoms with E-state index < -0.39 is 10.1 Å². The van der Waals surface area contributed by atoms with Crippen molar-refractivity contribution < 1.29 is 13.0 Å². The number of thiophene rings is 1. The van der Waals surface area contributed by atoms with Gasteiger partial charge in [0.15, 0.2) is 4.21 Å². The highest BCUT2D eigenvalue weighted by Gasteiger charge is 2.17. The summed E-state index contributed by atoms with van der Waals surface area (Å²) >= 11 is 6.16. The number of hydrogen-bond donors (Lipinski definition) is 2. The van der Waals surface area contributed by atoms with Crippen LogP contribution in [-0.4, -0.2) is 13.0 Å². The van der Waals surface area contributed by atoms with Gasteiger partial charge in [-0.2, -0.15) is 8.42 Å². The Bertz CT molecular complexity index is 369. The number of anilines is 1. The Morgan fingerprint density at radius 2 is 2.18 bits per heavy atom. The van der Waals surface area contributed by atoms with Crippen LogP contribution in [-0.2, 0) is 10.1 Å². The molecule has 0 saturated heterocycles. The molecule has 11 heavy (non-hydrogen) atoms. The second-order valence-corrected chi connectivity index (χ2v) is 5.07. The molecule has 0 fully saturated rings. The van der Waals surface area contributed by atoms with Gasteiger partial charge in [0.25, 0.3) is 0 Å². The Hall–Kier alpha value is -0.300. The lowest BCUT2D eigenvalue weighted by atomic mass is 10.6. The van der Waals surface area contributed by atoms with Crippen molar-refractivity contribution in [3.05, 3.63) is 10.4 Å². The van der Waals surface area contributed by atoms with Crippen molar-refractivity contribution in [2.24, 2.45) is 0 Å². The summed E-state index contributed by atoms with van der Waals surface area (Å²) in [5, 5.41) is 0. The zero-order chi connectivity index (χ0) is 8.65. The van der Waals surface area contributed by atoms with Gasteiger partial charge in [-0.05, 0) is 6.07 Å². The highest BCUT2D eigenvalue weighted by molar-refractivity contribution is 7.88. The van der Waals surface area contributed by atoms with Crippen molar-refractivity contribution in [1.29, 1.82) is 0 Å². The zero-order valence-corrected chi connectivity index (χ0v) is 7.50. The van der Waals surface area contributed by atoms with Gasteiger partial charge >= 0.3 is 10.1 Å². The summed E-state index contributed by atoms with van der Waals surface area (Å²) in [6.45, 7) is 0. The van der Waals surface area contributed by atoms with Crippen LogP contribution in [0, 0.1) is 0 Å². The van der Waals surface area contributed by atoms with Crippen LogP contribution < -0.4 is 5.73 Å². The van der Waals surface area contributed by atoms with Crippen molar-refractivity contribution in [3.8, 4) is 0 Å². The van der Waals surface area contributed by atoms with Crippen molar-refractivity contribution in [2.45, 2.75) is 4.21 Å². The van der Waals surface area contributed by atoms with Gasteiger partial charge in [0, 0.05) is 0 Å². The van der Waals surface area contributed by atoms with Crippen LogP contribution >= 0.6 is 22.9 Å². The van der Waals surface area contributed by atoms with E-state index in [0.717, 1.165) is 11.3 Å². The molecular formula is C4H4ClNO3S2. The SMILES string of the molecule is Nc1cc(Cl)sc1S(=O)(=O)O. The van der Waals surface area contributed by atoms with Gasteiger partial charge in [-0.1, -0.05) is 11.6 Å². The third kappa shape index (κ3) is 1.84. The van der Waals surface area contributed by atoms with E-state index in [0.29, 0.717) is 0 Å². The quantitative estimate of drug-likeness (QED) is 0.688. The number of nitrogen functional groups attached to an aromatic ring is 1. The number of halogens is 1. The lowest BCUT2D eigenvalue weighted by Gasteiger charge is -1.90. The molecule has 3 N–H and O–H groups in total. The Morgan fingerprint density at radius 3 is 2.36 bits per heavy atom. The van der Waals surface area contributed by atoms with Crippen LogP contribution in [0.4, 0.5) is 5.69 Å². The van der Waals surface area contributed by atoms with Gasteiger partial charge in [-0.25, -0.2) is 0 Å². The van der Waals surface area contributed by atoms with Crippen molar-refractivity contribution in [2.75, 3.05) is 5.73 Å². The summed E-state index contributed by atoms with van der Waals surface area (Å²) < 4.78 is 29.4. The molecule has 1 rings (SSSR count). The molecule has 0 unspecified atom stereocenters. The van der Waals surface area contributed by atoms with E-state index in [4.69, 9.17) is 21.9 Å². The summed E-state index contributed by atoms with van der Waals surface area (Å²) in [7, 11) is -4.20. The minimum atomic E-state index is -4.20.